The zero-order valence-electron chi connectivity index (χ0n) is 23.8. The average Bonchev–Trinajstić information content (AvgIpc) is 3.25. The van der Waals surface area contributed by atoms with E-state index in [1.807, 2.05) is 11.9 Å². The Labute approximate surface area is 266 Å². The van der Waals surface area contributed by atoms with E-state index >= 15 is 8.78 Å². The molecule has 5 rings (SSSR count). The molecule has 2 saturated heterocycles. The van der Waals surface area contributed by atoms with E-state index in [1.54, 1.807) is 0 Å². The zero-order valence-corrected chi connectivity index (χ0v) is 25.8. The van der Waals surface area contributed by atoms with Gasteiger partial charge < -0.3 is 39.3 Å². The van der Waals surface area contributed by atoms with Crippen LogP contribution in [0.3, 0.4) is 0 Å². The summed E-state index contributed by atoms with van der Waals surface area (Å²) in [6, 6.07) is -2.13. The Morgan fingerprint density at radius 2 is 1.79 bits per heavy atom. The number of aliphatic hydroxyl groups is 1. The number of alkyl halides is 1. The minimum Gasteiger partial charge on any atom is -0.543 e. The third kappa shape index (κ3) is 5.45. The van der Waals surface area contributed by atoms with E-state index < -0.39 is 108 Å². The van der Waals surface area contributed by atoms with E-state index in [9.17, 15) is 38.6 Å². The number of carbonyl (C=O) groups is 5. The molecule has 1 aromatic carbocycles. The van der Waals surface area contributed by atoms with Crippen LogP contribution in [0.25, 0.3) is 0 Å². The van der Waals surface area contributed by atoms with E-state index in [2.05, 4.69) is 0 Å². The van der Waals surface area contributed by atoms with Gasteiger partial charge in [-0.25, -0.2) is 18.0 Å². The van der Waals surface area contributed by atoms with Gasteiger partial charge in [0.2, 0.25) is 17.5 Å². The van der Waals surface area contributed by atoms with Crippen molar-refractivity contribution in [2.75, 3.05) is 62.9 Å². The fraction of sp³-hybridized carbons (Fsp3) is 0.519. The summed E-state index contributed by atoms with van der Waals surface area (Å²) in [5.74, 6) is -9.72. The largest absolute Gasteiger partial charge is 1.00 e. The number of benzene rings is 1. The van der Waals surface area contributed by atoms with Crippen LogP contribution < -0.4 is 44.5 Å². The van der Waals surface area contributed by atoms with E-state index in [0.29, 0.717) is 19.2 Å². The Bertz CT molecular complexity index is 1410. The standard InChI is InChI=1S/C27H29F3N4O8.Na/c1-12(35)17-16-9-13(19(26(39)40)34(16)25(17)38)11-42-27(41)22-24(37)23(36)14-10-15(29)21(32-7-5-31(2)6-8-32)18(30)20(14)33(22)4-3-28;/h10,12,16-17,22,35H,3-9,11H2,1-2H3,(H,39,40);/q;+1/p-1/t12?,16-,17-,22?;/m1./s1. The summed E-state index contributed by atoms with van der Waals surface area (Å²) in [5.41, 5.74) is -2.32. The molecule has 0 aliphatic carbocycles. The van der Waals surface area contributed by atoms with Gasteiger partial charge in [0.15, 0.2) is 11.9 Å². The number of Topliss-reactive ketones (excluding diaryl/α,β-unsaturated/α-hetero) is 2. The van der Waals surface area contributed by atoms with Crippen molar-refractivity contribution < 1.29 is 81.7 Å². The summed E-state index contributed by atoms with van der Waals surface area (Å²) in [6.07, 6.45) is -1.14. The molecular formula is C27H28F3N4NaO8. The van der Waals surface area contributed by atoms with Gasteiger partial charge in [-0.15, -0.1) is 0 Å². The molecule has 1 N–H and O–H groups in total. The van der Waals surface area contributed by atoms with Crippen LogP contribution in [0, 0.1) is 17.6 Å². The number of ether oxygens (including phenoxy) is 1. The van der Waals surface area contributed by atoms with Gasteiger partial charge in [0.25, 0.3) is 0 Å². The number of hydrogen-bond donors (Lipinski definition) is 1. The molecule has 226 valence electrons. The Morgan fingerprint density at radius 1 is 1.14 bits per heavy atom. The fourth-order valence-corrected chi connectivity index (χ4v) is 6.18. The molecule has 43 heavy (non-hydrogen) atoms. The summed E-state index contributed by atoms with van der Waals surface area (Å²) >= 11 is 0. The average molecular weight is 617 g/mol. The second-order valence-electron chi connectivity index (χ2n) is 10.8. The number of aliphatic hydroxyl groups excluding tert-OH is 1. The predicted octanol–water partition coefficient (Wildman–Crippen LogP) is -4.21. The summed E-state index contributed by atoms with van der Waals surface area (Å²) in [7, 11) is 1.84. The Hall–Kier alpha value is -2.98. The molecule has 12 nitrogen and oxygen atoms in total. The number of aliphatic carboxylic acids is 1. The number of β-lactam (4-membered cyclic amide) rings is 1. The van der Waals surface area contributed by atoms with Crippen molar-refractivity contribution in [2.24, 2.45) is 5.92 Å². The maximum atomic E-state index is 16.0. The molecule has 1 amide bonds. The van der Waals surface area contributed by atoms with E-state index in [-0.39, 0.29) is 54.6 Å². The number of carbonyl (C=O) groups excluding carboxylic acids is 5. The molecule has 4 aliphatic heterocycles. The van der Waals surface area contributed by atoms with Crippen LogP contribution in [-0.2, 0) is 23.9 Å². The maximum absolute atomic E-state index is 16.0. The van der Waals surface area contributed by atoms with Gasteiger partial charge in [-0.1, -0.05) is 0 Å². The number of piperazine rings is 1. The van der Waals surface area contributed by atoms with Crippen LogP contribution in [0.2, 0.25) is 0 Å². The van der Waals surface area contributed by atoms with Gasteiger partial charge in [-0.05, 0) is 32.0 Å². The third-order valence-electron chi connectivity index (χ3n) is 8.25. The number of anilines is 2. The van der Waals surface area contributed by atoms with Crippen LogP contribution in [0.1, 0.15) is 23.7 Å². The van der Waals surface area contributed by atoms with Gasteiger partial charge in [0.1, 0.15) is 24.8 Å². The Kier molecular flexibility index (Phi) is 9.61. The minimum atomic E-state index is -2.13. The Morgan fingerprint density at radius 3 is 2.37 bits per heavy atom. The van der Waals surface area contributed by atoms with Crippen molar-refractivity contribution in [3.8, 4) is 0 Å². The molecule has 0 spiro atoms. The SMILES string of the molecule is CC(O)[C@H]1C(=O)N2C(C(=O)[O-])=C(COC(=O)C3C(=O)C(=O)c4cc(F)c(N5CCN(C)CC5)c(F)c4N3CCF)C[C@H]12.[Na+]. The number of fused-ring (bicyclic) bond motifs is 2. The van der Waals surface area contributed by atoms with Gasteiger partial charge in [0, 0.05) is 32.7 Å². The number of likely N-dealkylation sites (N-methyl/N-ethyl adjacent to an activating group) is 1. The zero-order chi connectivity index (χ0) is 30.6. The molecule has 0 bridgehead atoms. The smallest absolute Gasteiger partial charge is 0.543 e. The molecule has 0 saturated carbocycles. The first-order valence-electron chi connectivity index (χ1n) is 13.4. The van der Waals surface area contributed by atoms with Crippen LogP contribution >= 0.6 is 0 Å². The molecule has 4 atom stereocenters. The molecule has 1 aromatic rings. The van der Waals surface area contributed by atoms with Gasteiger partial charge in [-0.3, -0.25) is 14.4 Å². The van der Waals surface area contributed by atoms with Crippen LogP contribution in [0.5, 0.6) is 0 Å². The van der Waals surface area contributed by atoms with Crippen LogP contribution in [0.15, 0.2) is 17.3 Å². The van der Waals surface area contributed by atoms with Crippen LogP contribution in [0.4, 0.5) is 24.5 Å². The molecule has 0 radical (unpaired) electrons. The van der Waals surface area contributed by atoms with E-state index in [4.69, 9.17) is 4.74 Å². The quantitative estimate of drug-likeness (QED) is 0.0996. The predicted molar refractivity (Wildman–Crippen MR) is 136 cm³/mol. The van der Waals surface area contributed by atoms with Gasteiger partial charge in [0.05, 0.1) is 41.0 Å². The first kappa shape index (κ1) is 32.9. The second kappa shape index (κ2) is 12.6. The van der Waals surface area contributed by atoms with Crippen molar-refractivity contribution in [1.29, 1.82) is 0 Å². The van der Waals surface area contributed by atoms with Gasteiger partial charge in [-0.2, -0.15) is 0 Å². The maximum Gasteiger partial charge on any atom is 1.00 e. The summed E-state index contributed by atoms with van der Waals surface area (Å²) in [5, 5.41) is 21.7. The number of esters is 1. The number of rotatable bonds is 8. The third-order valence-corrected chi connectivity index (χ3v) is 8.25. The number of halogens is 3. The minimum absolute atomic E-state index is 0. The number of hydrogen-bond acceptors (Lipinski definition) is 11. The summed E-state index contributed by atoms with van der Waals surface area (Å²) < 4.78 is 50.0. The van der Waals surface area contributed by atoms with Gasteiger partial charge >= 0.3 is 35.5 Å². The monoisotopic (exact) mass is 616 g/mol. The number of carboxylic acids is 1. The van der Waals surface area contributed by atoms with Crippen molar-refractivity contribution in [3.63, 3.8) is 0 Å². The van der Waals surface area contributed by atoms with Crippen molar-refractivity contribution in [3.05, 3.63) is 34.5 Å². The molecule has 2 unspecified atom stereocenters. The molecule has 16 heteroatoms. The number of ketones is 2. The van der Waals surface area contributed by atoms with Crippen molar-refractivity contribution in [2.45, 2.75) is 31.5 Å². The fourth-order valence-electron chi connectivity index (χ4n) is 6.18. The molecule has 4 aliphatic rings. The molecule has 4 heterocycles. The molecule has 0 aromatic heterocycles. The normalized spacial score (nSPS) is 24.4. The number of carboxylic acid groups (broad SMARTS) is 1. The van der Waals surface area contributed by atoms with E-state index in [1.165, 1.54) is 11.8 Å². The first-order chi connectivity index (χ1) is 19.9. The second-order valence-corrected chi connectivity index (χ2v) is 10.8. The topological polar surface area (TPSA) is 151 Å². The van der Waals surface area contributed by atoms with Crippen molar-refractivity contribution >= 4 is 40.8 Å². The van der Waals surface area contributed by atoms with E-state index in [0.717, 1.165) is 9.80 Å². The van der Waals surface area contributed by atoms with Crippen molar-refractivity contribution in [1.82, 2.24) is 9.80 Å². The number of amides is 1. The summed E-state index contributed by atoms with van der Waals surface area (Å²) in [4.78, 5) is 68.4. The van der Waals surface area contributed by atoms with Crippen LogP contribution in [-0.4, -0.2) is 116 Å². The molecule has 2 fully saturated rings. The molecular weight excluding hydrogens is 588 g/mol. The Balaban J connectivity index is 0.00000423. The number of nitrogens with zero attached hydrogens (tertiary/aromatic N) is 4. The first-order valence-corrected chi connectivity index (χ1v) is 13.4. The summed E-state index contributed by atoms with van der Waals surface area (Å²) in [6.45, 7) is 0.216.